The number of thiol groups is 1. The molecule has 6 aromatic carbocycles. The van der Waals surface area contributed by atoms with Crippen LogP contribution in [0, 0.1) is 19.8 Å². The molecule has 2 fully saturated rings. The minimum atomic E-state index is 0.322. The molecule has 3 nitrogen and oxygen atoms in total. The zero-order chi connectivity index (χ0) is 46.0. The van der Waals surface area contributed by atoms with Crippen LogP contribution in [0.4, 0.5) is 0 Å². The van der Waals surface area contributed by atoms with Gasteiger partial charge in [-0.3, -0.25) is 0 Å². The summed E-state index contributed by atoms with van der Waals surface area (Å²) in [6.07, 6.45) is 15.8. The van der Waals surface area contributed by atoms with E-state index in [0.29, 0.717) is 5.75 Å². The van der Waals surface area contributed by atoms with Gasteiger partial charge in [-0.05, 0) is 187 Å². The topological polar surface area (TPSA) is 26.7 Å². The molecule has 5 heteroatoms. The molecule has 0 saturated carbocycles. The number of rotatable bonds is 12. The van der Waals surface area contributed by atoms with Crippen LogP contribution >= 0.6 is 24.4 Å². The molecule has 1 unspecified atom stereocenters. The second-order valence-electron chi connectivity index (χ2n) is 17.6. The normalized spacial score (nSPS) is 15.1. The number of aromatic hydroxyl groups is 1. The first-order valence-electron chi connectivity index (χ1n) is 24.5. The molecule has 348 valence electrons. The van der Waals surface area contributed by atoms with E-state index >= 15 is 0 Å². The Morgan fingerprint density at radius 1 is 0.554 bits per heavy atom. The lowest BCUT2D eigenvalue weighted by Gasteiger charge is -2.14. The molecule has 65 heavy (non-hydrogen) atoms. The van der Waals surface area contributed by atoms with E-state index in [-0.39, 0.29) is 0 Å². The highest BCUT2D eigenvalue weighted by Gasteiger charge is 2.17. The Morgan fingerprint density at radius 2 is 1.08 bits per heavy atom. The Morgan fingerprint density at radius 3 is 1.57 bits per heavy atom. The molecule has 9 rings (SSSR count). The fraction of sp³-hybridized carbons (Fsp3) is 0.400. The van der Waals surface area contributed by atoms with Crippen molar-refractivity contribution in [2.24, 2.45) is 5.92 Å². The number of phenols is 1. The summed E-state index contributed by atoms with van der Waals surface area (Å²) in [5.74, 6) is 3.48. The molecule has 0 aliphatic carbocycles. The van der Waals surface area contributed by atoms with Gasteiger partial charge < -0.3 is 14.9 Å². The highest BCUT2D eigenvalue weighted by atomic mass is 32.2. The van der Waals surface area contributed by atoms with Crippen molar-refractivity contribution in [2.75, 3.05) is 50.8 Å². The SMILES string of the molecule is CC1CCN(CCCCc2ccccc2)C1.Cc1ccccc1.Cc1ccccc1CCS.Oc1ccccc1.c1ccc(CCCCN2CCCC2)cc1.c1ccc2c(c1)CCCS2. The van der Waals surface area contributed by atoms with Gasteiger partial charge in [0, 0.05) is 11.4 Å². The summed E-state index contributed by atoms with van der Waals surface area (Å²) in [7, 11) is 0. The molecule has 0 aromatic heterocycles. The lowest BCUT2D eigenvalue weighted by Crippen LogP contribution is -2.21. The highest BCUT2D eigenvalue weighted by Crippen LogP contribution is 2.29. The monoisotopic (exact) mass is 909 g/mol. The zero-order valence-corrected chi connectivity index (χ0v) is 41.8. The van der Waals surface area contributed by atoms with Gasteiger partial charge in [0.25, 0.3) is 0 Å². The maximum Gasteiger partial charge on any atom is 0.115 e. The van der Waals surface area contributed by atoms with E-state index in [2.05, 4.69) is 165 Å². The number of nitrogens with zero attached hydrogens (tertiary/aromatic N) is 2. The van der Waals surface area contributed by atoms with Crippen LogP contribution in [0.5, 0.6) is 5.75 Å². The van der Waals surface area contributed by atoms with E-state index in [1.165, 1.54) is 148 Å². The molecule has 6 aromatic rings. The molecular formula is C60H80N2OS2. The standard InChI is InChI=1S/C15H23N.C14H21N.C9H10S.C9H12S.C7H8.C6H6O/c1-14-10-12-16(13-14)11-6-5-9-15-7-3-2-4-8-15;1-2-8-14(9-3-1)10-4-5-11-15-12-6-7-13-15;1-2-6-9-8(4-1)5-3-7-10-9;1-8-4-2-3-5-9(8)6-7-10;1-7-5-3-2-4-6-7;7-6-4-2-1-3-5-6/h2-4,7-8,14H,5-6,9-13H2,1H3;1-3,8-9H,4-7,10-13H2;1-2,4,6H,3,5,7H2;2-5,10H,6-7H2,1H3;2-6H,1H3;1-5,7H. The Hall–Kier alpha value is -4.26. The number of unbranched alkanes of at least 4 members (excludes halogenated alkanes) is 2. The van der Waals surface area contributed by atoms with Crippen LogP contribution in [0.1, 0.15) is 91.7 Å². The molecule has 0 radical (unpaired) electrons. The number of aryl methyl sites for hydroxylation is 6. The second kappa shape index (κ2) is 34.1. The Bertz CT molecular complexity index is 1960. The molecule has 3 aliphatic rings. The van der Waals surface area contributed by atoms with Crippen LogP contribution in [0.15, 0.2) is 175 Å². The van der Waals surface area contributed by atoms with Crippen molar-refractivity contribution in [3.63, 3.8) is 0 Å². The van der Waals surface area contributed by atoms with Gasteiger partial charge in [0.05, 0.1) is 0 Å². The van der Waals surface area contributed by atoms with Crippen molar-refractivity contribution in [3.8, 4) is 5.75 Å². The number of benzene rings is 6. The average Bonchev–Trinajstić information content (AvgIpc) is 4.04. The van der Waals surface area contributed by atoms with Gasteiger partial charge in [-0.15, -0.1) is 11.8 Å². The summed E-state index contributed by atoms with van der Waals surface area (Å²) < 4.78 is 0. The molecule has 1 N–H and O–H groups in total. The molecular weight excluding hydrogens is 829 g/mol. The Labute approximate surface area is 405 Å². The minimum absolute atomic E-state index is 0.322. The summed E-state index contributed by atoms with van der Waals surface area (Å²) >= 11 is 6.17. The van der Waals surface area contributed by atoms with Crippen LogP contribution in [-0.2, 0) is 25.7 Å². The summed E-state index contributed by atoms with van der Waals surface area (Å²) in [4.78, 5) is 6.72. The van der Waals surface area contributed by atoms with Crippen molar-refractivity contribution in [1.82, 2.24) is 9.80 Å². The molecule has 2 saturated heterocycles. The minimum Gasteiger partial charge on any atom is -0.508 e. The number of hydrogen-bond acceptors (Lipinski definition) is 5. The van der Waals surface area contributed by atoms with Gasteiger partial charge in [-0.25, -0.2) is 0 Å². The largest absolute Gasteiger partial charge is 0.508 e. The number of hydrogen-bond donors (Lipinski definition) is 2. The van der Waals surface area contributed by atoms with E-state index in [1.54, 1.807) is 29.8 Å². The van der Waals surface area contributed by atoms with Crippen molar-refractivity contribution < 1.29 is 5.11 Å². The van der Waals surface area contributed by atoms with Gasteiger partial charge in [0.15, 0.2) is 0 Å². The Balaban J connectivity index is 0.000000175. The molecule has 0 amide bonds. The van der Waals surface area contributed by atoms with Crippen LogP contribution < -0.4 is 0 Å². The number of likely N-dealkylation sites (tertiary alicyclic amines) is 2. The third-order valence-electron chi connectivity index (χ3n) is 11.9. The molecule has 1 atom stereocenters. The van der Waals surface area contributed by atoms with Crippen LogP contribution in [0.25, 0.3) is 0 Å². The van der Waals surface area contributed by atoms with Crippen molar-refractivity contribution in [1.29, 1.82) is 0 Å². The maximum absolute atomic E-state index is 8.63. The number of para-hydroxylation sites is 1. The third kappa shape index (κ3) is 24.7. The van der Waals surface area contributed by atoms with E-state index in [1.807, 2.05) is 36.0 Å². The predicted molar refractivity (Wildman–Crippen MR) is 288 cm³/mol. The summed E-state index contributed by atoms with van der Waals surface area (Å²) in [6.45, 7) is 14.5. The summed E-state index contributed by atoms with van der Waals surface area (Å²) in [5.41, 5.74) is 8.62. The van der Waals surface area contributed by atoms with E-state index < -0.39 is 0 Å². The summed E-state index contributed by atoms with van der Waals surface area (Å²) in [5, 5.41) is 8.63. The quantitative estimate of drug-likeness (QED) is 0.0945. The molecule has 0 bridgehead atoms. The molecule has 3 aliphatic heterocycles. The first-order chi connectivity index (χ1) is 31.9. The maximum atomic E-state index is 8.63. The van der Waals surface area contributed by atoms with Gasteiger partial charge in [0.2, 0.25) is 0 Å². The lowest BCUT2D eigenvalue weighted by atomic mass is 10.1. The van der Waals surface area contributed by atoms with Crippen LogP contribution in [0.3, 0.4) is 0 Å². The zero-order valence-electron chi connectivity index (χ0n) is 40.1. The van der Waals surface area contributed by atoms with E-state index in [0.717, 1.165) is 18.1 Å². The van der Waals surface area contributed by atoms with Gasteiger partial charge in [-0.1, -0.05) is 164 Å². The fourth-order valence-electron chi connectivity index (χ4n) is 8.12. The number of phenolic OH excluding ortho intramolecular Hbond substituents is 1. The van der Waals surface area contributed by atoms with E-state index in [9.17, 15) is 0 Å². The predicted octanol–water partition coefficient (Wildman–Crippen LogP) is 15.0. The van der Waals surface area contributed by atoms with Gasteiger partial charge >= 0.3 is 0 Å². The number of fused-ring (bicyclic) bond motifs is 1. The van der Waals surface area contributed by atoms with Crippen LogP contribution in [0.2, 0.25) is 0 Å². The van der Waals surface area contributed by atoms with Crippen LogP contribution in [-0.4, -0.2) is 65.7 Å². The highest BCUT2D eigenvalue weighted by molar-refractivity contribution is 7.99. The smallest absolute Gasteiger partial charge is 0.115 e. The van der Waals surface area contributed by atoms with Crippen molar-refractivity contribution in [3.05, 3.63) is 203 Å². The fourth-order valence-corrected chi connectivity index (χ4v) is 9.40. The van der Waals surface area contributed by atoms with Gasteiger partial charge in [0.1, 0.15) is 5.75 Å². The van der Waals surface area contributed by atoms with Crippen molar-refractivity contribution >= 4 is 24.4 Å². The number of thioether (sulfide) groups is 1. The molecule has 3 heterocycles. The molecule has 0 spiro atoms. The third-order valence-corrected chi connectivity index (χ3v) is 13.4. The first kappa shape index (κ1) is 53.4. The van der Waals surface area contributed by atoms with E-state index in [4.69, 9.17) is 5.11 Å². The second-order valence-corrected chi connectivity index (χ2v) is 19.2. The van der Waals surface area contributed by atoms with Crippen molar-refractivity contribution in [2.45, 2.75) is 103 Å². The van der Waals surface area contributed by atoms with Gasteiger partial charge in [-0.2, -0.15) is 12.6 Å². The Kier molecular flexibility index (Phi) is 28.0. The lowest BCUT2D eigenvalue weighted by molar-refractivity contribution is 0.320. The first-order valence-corrected chi connectivity index (χ1v) is 26.2. The average molecular weight is 909 g/mol. The summed E-state index contributed by atoms with van der Waals surface area (Å²) in [6, 6.07) is 57.8.